The van der Waals surface area contributed by atoms with E-state index in [1.54, 1.807) is 0 Å². The molecule has 130 valence electrons. The molecule has 1 aliphatic rings. The summed E-state index contributed by atoms with van der Waals surface area (Å²) in [6, 6.07) is 7.81. The van der Waals surface area contributed by atoms with Gasteiger partial charge in [-0.15, -0.1) is 24.0 Å². The van der Waals surface area contributed by atoms with E-state index in [2.05, 4.69) is 15.6 Å². The number of aliphatic hydroxyl groups is 1. The first-order chi connectivity index (χ1) is 10.7. The number of ether oxygens (including phenoxy) is 1. The number of guanidine groups is 1. The summed E-state index contributed by atoms with van der Waals surface area (Å²) < 4.78 is 5.59. The van der Waals surface area contributed by atoms with Gasteiger partial charge in [-0.2, -0.15) is 0 Å². The average molecular weight is 433 g/mol. The SMILES string of the molecule is CCNC(=NCC(O)COc1cccc(C)c1)NCC1CC1.I. The Morgan fingerprint density at radius 3 is 2.83 bits per heavy atom. The van der Waals surface area contributed by atoms with Crippen molar-refractivity contribution in [3.8, 4) is 5.75 Å². The molecule has 1 fully saturated rings. The number of benzene rings is 1. The fourth-order valence-electron chi connectivity index (χ4n) is 2.05. The minimum absolute atomic E-state index is 0. The molecule has 0 heterocycles. The molecular formula is C17H28IN3O2. The maximum absolute atomic E-state index is 10.00. The summed E-state index contributed by atoms with van der Waals surface area (Å²) in [5.41, 5.74) is 1.14. The van der Waals surface area contributed by atoms with Crippen LogP contribution >= 0.6 is 24.0 Å². The summed E-state index contributed by atoms with van der Waals surface area (Å²) in [5, 5.41) is 16.5. The van der Waals surface area contributed by atoms with Gasteiger partial charge in [0.1, 0.15) is 18.5 Å². The van der Waals surface area contributed by atoms with Gasteiger partial charge in [-0.25, -0.2) is 0 Å². The zero-order chi connectivity index (χ0) is 15.8. The highest BCUT2D eigenvalue weighted by Gasteiger charge is 2.21. The molecule has 5 nitrogen and oxygen atoms in total. The van der Waals surface area contributed by atoms with Crippen LogP contribution in [0.1, 0.15) is 25.3 Å². The van der Waals surface area contributed by atoms with Crippen LogP contribution in [-0.4, -0.2) is 43.4 Å². The maximum Gasteiger partial charge on any atom is 0.191 e. The van der Waals surface area contributed by atoms with Crippen molar-refractivity contribution in [3.05, 3.63) is 29.8 Å². The van der Waals surface area contributed by atoms with Gasteiger partial charge in [0, 0.05) is 13.1 Å². The van der Waals surface area contributed by atoms with Crippen molar-refractivity contribution in [2.24, 2.45) is 10.9 Å². The lowest BCUT2D eigenvalue weighted by molar-refractivity contribution is 0.114. The summed E-state index contributed by atoms with van der Waals surface area (Å²) >= 11 is 0. The van der Waals surface area contributed by atoms with Crippen LogP contribution in [0.15, 0.2) is 29.3 Å². The molecule has 1 unspecified atom stereocenters. The molecule has 3 N–H and O–H groups in total. The number of aliphatic hydroxyl groups excluding tert-OH is 1. The second-order valence-corrected chi connectivity index (χ2v) is 5.83. The number of halogens is 1. The molecule has 23 heavy (non-hydrogen) atoms. The van der Waals surface area contributed by atoms with Gasteiger partial charge in [-0.1, -0.05) is 12.1 Å². The number of nitrogens with zero attached hydrogens (tertiary/aromatic N) is 1. The standard InChI is InChI=1S/C17H27N3O2.HI/c1-3-18-17(19-10-14-7-8-14)20-11-15(21)12-22-16-6-4-5-13(2)9-16;/h4-6,9,14-15,21H,3,7-8,10-12H2,1-2H3,(H2,18,19,20);1H. The summed E-state index contributed by atoms with van der Waals surface area (Å²) in [7, 11) is 0. The van der Waals surface area contributed by atoms with Gasteiger partial charge >= 0.3 is 0 Å². The number of aryl methyl sites for hydroxylation is 1. The Kier molecular flexibility index (Phi) is 9.31. The number of nitrogens with one attached hydrogen (secondary N) is 2. The van der Waals surface area contributed by atoms with Gasteiger partial charge in [0.15, 0.2) is 5.96 Å². The predicted molar refractivity (Wildman–Crippen MR) is 105 cm³/mol. The molecule has 0 spiro atoms. The lowest BCUT2D eigenvalue weighted by Crippen LogP contribution is -2.39. The summed E-state index contributed by atoms with van der Waals surface area (Å²) in [4.78, 5) is 4.41. The Hall–Kier alpha value is -1.02. The number of rotatable bonds is 8. The van der Waals surface area contributed by atoms with Crippen LogP contribution in [0.5, 0.6) is 5.75 Å². The number of hydrogen-bond acceptors (Lipinski definition) is 3. The van der Waals surface area contributed by atoms with E-state index >= 15 is 0 Å². The van der Waals surface area contributed by atoms with E-state index in [9.17, 15) is 5.11 Å². The highest BCUT2D eigenvalue weighted by molar-refractivity contribution is 14.0. The van der Waals surface area contributed by atoms with Crippen LogP contribution in [0.4, 0.5) is 0 Å². The monoisotopic (exact) mass is 433 g/mol. The molecule has 1 aromatic rings. The Bertz CT molecular complexity index is 492. The quantitative estimate of drug-likeness (QED) is 0.335. The molecule has 2 rings (SSSR count). The van der Waals surface area contributed by atoms with Crippen LogP contribution in [0.2, 0.25) is 0 Å². The smallest absolute Gasteiger partial charge is 0.191 e. The van der Waals surface area contributed by atoms with E-state index < -0.39 is 6.10 Å². The van der Waals surface area contributed by atoms with Crippen LogP contribution in [-0.2, 0) is 0 Å². The van der Waals surface area contributed by atoms with Crippen molar-refractivity contribution in [2.75, 3.05) is 26.2 Å². The van der Waals surface area contributed by atoms with Crippen LogP contribution in [0, 0.1) is 12.8 Å². The van der Waals surface area contributed by atoms with Gasteiger partial charge in [0.2, 0.25) is 0 Å². The fourth-order valence-corrected chi connectivity index (χ4v) is 2.05. The average Bonchev–Trinajstić information content (AvgIpc) is 3.32. The minimum atomic E-state index is -0.614. The first-order valence-corrected chi connectivity index (χ1v) is 8.07. The Morgan fingerprint density at radius 2 is 2.17 bits per heavy atom. The molecule has 0 bridgehead atoms. The van der Waals surface area contributed by atoms with Crippen molar-refractivity contribution < 1.29 is 9.84 Å². The van der Waals surface area contributed by atoms with Crippen LogP contribution in [0.25, 0.3) is 0 Å². The molecule has 0 aromatic heterocycles. The van der Waals surface area contributed by atoms with E-state index in [0.717, 1.165) is 36.3 Å². The lowest BCUT2D eigenvalue weighted by Gasteiger charge is -2.13. The van der Waals surface area contributed by atoms with Gasteiger partial charge in [-0.05, 0) is 50.3 Å². The van der Waals surface area contributed by atoms with Crippen molar-refractivity contribution in [2.45, 2.75) is 32.8 Å². The van der Waals surface area contributed by atoms with Crippen molar-refractivity contribution in [1.82, 2.24) is 10.6 Å². The molecule has 0 aliphatic heterocycles. The van der Waals surface area contributed by atoms with Crippen LogP contribution < -0.4 is 15.4 Å². The van der Waals surface area contributed by atoms with Gasteiger partial charge in [0.25, 0.3) is 0 Å². The third-order valence-corrected chi connectivity index (χ3v) is 3.49. The highest BCUT2D eigenvalue weighted by atomic mass is 127. The van der Waals surface area contributed by atoms with E-state index in [4.69, 9.17) is 4.74 Å². The number of hydrogen-bond donors (Lipinski definition) is 3. The largest absolute Gasteiger partial charge is 0.491 e. The predicted octanol–water partition coefficient (Wildman–Crippen LogP) is 2.32. The molecule has 0 radical (unpaired) electrons. The van der Waals surface area contributed by atoms with Crippen LogP contribution in [0.3, 0.4) is 0 Å². The molecule has 1 saturated carbocycles. The van der Waals surface area contributed by atoms with Crippen molar-refractivity contribution >= 4 is 29.9 Å². The summed E-state index contributed by atoms with van der Waals surface area (Å²) in [5.74, 6) is 2.34. The Morgan fingerprint density at radius 1 is 1.39 bits per heavy atom. The first kappa shape index (κ1) is 20.0. The summed E-state index contributed by atoms with van der Waals surface area (Å²) in [6.07, 6.45) is 2.00. The van der Waals surface area contributed by atoms with Gasteiger partial charge in [-0.3, -0.25) is 4.99 Å². The second-order valence-electron chi connectivity index (χ2n) is 5.83. The zero-order valence-electron chi connectivity index (χ0n) is 13.9. The minimum Gasteiger partial charge on any atom is -0.491 e. The van der Waals surface area contributed by atoms with Gasteiger partial charge in [0.05, 0.1) is 6.54 Å². The third kappa shape index (κ3) is 8.41. The molecule has 1 aromatic carbocycles. The highest BCUT2D eigenvalue weighted by Crippen LogP contribution is 2.27. The Labute approximate surface area is 155 Å². The second kappa shape index (κ2) is 10.7. The number of aliphatic imine (C=N–C) groups is 1. The van der Waals surface area contributed by atoms with Gasteiger partial charge < -0.3 is 20.5 Å². The van der Waals surface area contributed by atoms with Crippen molar-refractivity contribution in [1.29, 1.82) is 0 Å². The maximum atomic E-state index is 10.00. The fraction of sp³-hybridized carbons (Fsp3) is 0.588. The van der Waals surface area contributed by atoms with E-state index in [1.807, 2.05) is 38.1 Å². The molecule has 0 amide bonds. The lowest BCUT2D eigenvalue weighted by atomic mass is 10.2. The molecular weight excluding hydrogens is 405 g/mol. The normalized spacial score (nSPS) is 15.5. The first-order valence-electron chi connectivity index (χ1n) is 8.07. The molecule has 1 atom stereocenters. The summed E-state index contributed by atoms with van der Waals surface area (Å²) in [6.45, 7) is 6.39. The molecule has 1 aliphatic carbocycles. The topological polar surface area (TPSA) is 65.9 Å². The Balaban J connectivity index is 0.00000264. The van der Waals surface area contributed by atoms with Crippen molar-refractivity contribution in [3.63, 3.8) is 0 Å². The molecule has 6 heteroatoms. The molecule has 0 saturated heterocycles. The van der Waals surface area contributed by atoms with E-state index in [-0.39, 0.29) is 30.6 Å². The zero-order valence-corrected chi connectivity index (χ0v) is 16.2. The van der Waals surface area contributed by atoms with E-state index in [1.165, 1.54) is 12.8 Å². The third-order valence-electron chi connectivity index (χ3n) is 3.49. The van der Waals surface area contributed by atoms with E-state index in [0.29, 0.717) is 6.54 Å².